The van der Waals surface area contributed by atoms with Gasteiger partial charge >= 0.3 is 39.5 Å². The number of ether oxygens (including phenoxy) is 4. The van der Waals surface area contributed by atoms with Gasteiger partial charge in [-0.05, 0) is 37.5 Å². The number of carbonyl (C=O) groups is 4. The van der Waals surface area contributed by atoms with Crippen LogP contribution in [-0.4, -0.2) is 96.7 Å². The highest BCUT2D eigenvalue weighted by molar-refractivity contribution is 7.47. The van der Waals surface area contributed by atoms with Crippen LogP contribution < -0.4 is 0 Å². The fourth-order valence-corrected chi connectivity index (χ4v) is 12.6. The van der Waals surface area contributed by atoms with Gasteiger partial charge in [-0.25, -0.2) is 9.13 Å². The number of aliphatic hydroxyl groups is 1. The second-order valence-corrected chi connectivity index (χ2v) is 29.7. The summed E-state index contributed by atoms with van der Waals surface area (Å²) in [5.41, 5.74) is 0. The van der Waals surface area contributed by atoms with Gasteiger partial charge in [0.1, 0.15) is 19.3 Å². The molecule has 0 heterocycles. The van der Waals surface area contributed by atoms with Crippen LogP contribution in [0.1, 0.15) is 375 Å². The quantitative estimate of drug-likeness (QED) is 0.0222. The van der Waals surface area contributed by atoms with Crippen molar-refractivity contribution >= 4 is 39.5 Å². The van der Waals surface area contributed by atoms with E-state index in [-0.39, 0.29) is 25.7 Å². The SMILES string of the molecule is CCCCCCCCCCCCCCCCCC(=O)OC[C@H](COP(=O)(O)OC[C@@H](O)COP(=O)(O)OC[C@@H](COC(=O)CCCCCCCCCCC)OC(=O)CCCCCCCCC(C)CC)OC(=O)CCCCCCCCCCCCCCCCC(C)CC. The van der Waals surface area contributed by atoms with Crippen LogP contribution in [0, 0.1) is 11.8 Å². The Kier molecular flexibility index (Phi) is 63.7. The average molecular weight is 1350 g/mol. The number of esters is 4. The van der Waals surface area contributed by atoms with Crippen molar-refractivity contribution in [2.24, 2.45) is 11.8 Å². The molecular formula is C73H142O17P2. The molecule has 0 amide bonds. The Balaban J connectivity index is 5.22. The molecule has 0 spiro atoms. The molecule has 92 heavy (non-hydrogen) atoms. The van der Waals surface area contributed by atoms with E-state index in [1.807, 2.05) is 0 Å². The monoisotopic (exact) mass is 1350 g/mol. The molecule has 0 saturated heterocycles. The number of rotatable bonds is 72. The molecular weight excluding hydrogens is 1210 g/mol. The largest absolute Gasteiger partial charge is 0.472 e. The molecule has 0 aliphatic carbocycles. The Morgan fingerprint density at radius 3 is 0.772 bits per heavy atom. The van der Waals surface area contributed by atoms with Crippen molar-refractivity contribution in [3.05, 3.63) is 0 Å². The molecule has 0 rings (SSSR count). The third-order valence-corrected chi connectivity index (χ3v) is 19.6. The second-order valence-electron chi connectivity index (χ2n) is 26.8. The maximum absolute atomic E-state index is 13.1. The molecule has 0 saturated carbocycles. The molecule has 0 aromatic carbocycles. The van der Waals surface area contributed by atoms with Gasteiger partial charge in [-0.15, -0.1) is 0 Å². The fraction of sp³-hybridized carbons (Fsp3) is 0.945. The van der Waals surface area contributed by atoms with Gasteiger partial charge in [-0.2, -0.15) is 0 Å². The van der Waals surface area contributed by atoms with E-state index in [1.165, 1.54) is 193 Å². The molecule has 19 heteroatoms. The van der Waals surface area contributed by atoms with Crippen LogP contribution in [-0.2, 0) is 65.4 Å². The Labute approximate surface area is 562 Å². The average Bonchev–Trinajstić information content (AvgIpc) is 1.58. The number of phosphoric acid groups is 2. The van der Waals surface area contributed by atoms with Crippen molar-refractivity contribution in [3.63, 3.8) is 0 Å². The Bertz CT molecular complexity index is 1790. The van der Waals surface area contributed by atoms with Gasteiger partial charge in [0.25, 0.3) is 0 Å². The molecule has 7 atom stereocenters. The summed E-state index contributed by atoms with van der Waals surface area (Å²) in [7, 11) is -9.90. The van der Waals surface area contributed by atoms with Crippen molar-refractivity contribution in [1.29, 1.82) is 0 Å². The highest BCUT2D eigenvalue weighted by Crippen LogP contribution is 2.45. The van der Waals surface area contributed by atoms with Gasteiger partial charge in [0.2, 0.25) is 0 Å². The summed E-state index contributed by atoms with van der Waals surface area (Å²) >= 11 is 0. The molecule has 0 bridgehead atoms. The summed E-state index contributed by atoms with van der Waals surface area (Å²) in [6.45, 7) is 9.56. The summed E-state index contributed by atoms with van der Waals surface area (Å²) in [4.78, 5) is 72.6. The van der Waals surface area contributed by atoms with E-state index in [0.717, 1.165) is 102 Å². The predicted molar refractivity (Wildman–Crippen MR) is 372 cm³/mol. The molecule has 17 nitrogen and oxygen atoms in total. The molecule has 0 aromatic rings. The molecule has 3 N–H and O–H groups in total. The van der Waals surface area contributed by atoms with Crippen molar-refractivity contribution in [3.8, 4) is 0 Å². The minimum Gasteiger partial charge on any atom is -0.462 e. The van der Waals surface area contributed by atoms with Crippen molar-refractivity contribution < 1.29 is 80.2 Å². The number of unbranched alkanes of at least 4 members (excludes halogenated alkanes) is 40. The van der Waals surface area contributed by atoms with Crippen LogP contribution >= 0.6 is 15.6 Å². The van der Waals surface area contributed by atoms with E-state index in [1.54, 1.807) is 0 Å². The Morgan fingerprint density at radius 2 is 0.522 bits per heavy atom. The standard InChI is InChI=1S/C73H142O17P2/c1-7-11-13-15-17-19-20-21-22-26-29-33-37-44-50-56-71(76)84-61-68(89-72(77)57-51-45-38-34-30-27-24-23-25-28-32-35-41-47-53-65(5)9-3)63-87-91(79,80)85-59-67(74)60-86-92(81,82)88-64-69(62-83-70(75)55-49-43-36-31-18-16-14-12-8-2)90-73(78)58-52-46-40-39-42-48-54-66(6)10-4/h65-69,74H,7-64H2,1-6H3,(H,79,80)(H,81,82)/t65?,66?,67-,68-,69-/m1/s1. The summed E-state index contributed by atoms with van der Waals surface area (Å²) in [5, 5.41) is 10.6. The normalized spacial score (nSPS) is 14.7. The van der Waals surface area contributed by atoms with Crippen LogP contribution in [0.4, 0.5) is 0 Å². The fourth-order valence-electron chi connectivity index (χ4n) is 11.1. The van der Waals surface area contributed by atoms with E-state index in [0.29, 0.717) is 25.7 Å². The molecule has 0 aliphatic heterocycles. The number of hydrogen-bond donors (Lipinski definition) is 3. The van der Waals surface area contributed by atoms with E-state index >= 15 is 0 Å². The molecule has 0 radical (unpaired) electrons. The number of carbonyl (C=O) groups excluding carboxylic acids is 4. The minimum atomic E-state index is -4.95. The van der Waals surface area contributed by atoms with Gasteiger partial charge in [0.15, 0.2) is 12.2 Å². The summed E-state index contributed by atoms with van der Waals surface area (Å²) in [5.74, 6) is -0.556. The Hall–Kier alpha value is -1.94. The molecule has 4 unspecified atom stereocenters. The maximum Gasteiger partial charge on any atom is 0.472 e. The number of phosphoric ester groups is 2. The lowest BCUT2D eigenvalue weighted by Gasteiger charge is -2.21. The van der Waals surface area contributed by atoms with Crippen LogP contribution in [0.15, 0.2) is 0 Å². The maximum atomic E-state index is 13.1. The third-order valence-electron chi connectivity index (χ3n) is 17.7. The number of aliphatic hydroxyl groups excluding tert-OH is 1. The second kappa shape index (κ2) is 65.0. The Morgan fingerprint density at radius 1 is 0.304 bits per heavy atom. The first kappa shape index (κ1) is 90.1. The topological polar surface area (TPSA) is 237 Å². The van der Waals surface area contributed by atoms with Gasteiger partial charge in [0.05, 0.1) is 26.4 Å². The summed E-state index contributed by atoms with van der Waals surface area (Å²) in [6.07, 6.45) is 51.3. The van der Waals surface area contributed by atoms with E-state index in [2.05, 4.69) is 41.5 Å². The van der Waals surface area contributed by atoms with Crippen molar-refractivity contribution in [1.82, 2.24) is 0 Å². The van der Waals surface area contributed by atoms with Gasteiger partial charge in [0, 0.05) is 25.7 Å². The lowest BCUT2D eigenvalue weighted by atomic mass is 9.99. The molecule has 0 fully saturated rings. The van der Waals surface area contributed by atoms with Gasteiger partial charge in [-0.3, -0.25) is 37.3 Å². The summed E-state index contributed by atoms with van der Waals surface area (Å²) in [6, 6.07) is 0. The lowest BCUT2D eigenvalue weighted by Crippen LogP contribution is -2.30. The molecule has 546 valence electrons. The lowest BCUT2D eigenvalue weighted by molar-refractivity contribution is -0.161. The zero-order chi connectivity index (χ0) is 67.9. The van der Waals surface area contributed by atoms with Crippen LogP contribution in [0.5, 0.6) is 0 Å². The third kappa shape index (κ3) is 64.1. The van der Waals surface area contributed by atoms with Gasteiger partial charge in [-0.1, -0.05) is 324 Å². The van der Waals surface area contributed by atoms with E-state index in [9.17, 15) is 43.2 Å². The van der Waals surface area contributed by atoms with Gasteiger partial charge < -0.3 is 33.8 Å². The van der Waals surface area contributed by atoms with E-state index in [4.69, 9.17) is 37.0 Å². The van der Waals surface area contributed by atoms with Crippen LogP contribution in [0.3, 0.4) is 0 Å². The zero-order valence-corrected chi connectivity index (χ0v) is 61.6. The highest BCUT2D eigenvalue weighted by atomic mass is 31.2. The first-order valence-corrected chi connectivity index (χ1v) is 41.1. The van der Waals surface area contributed by atoms with Crippen molar-refractivity contribution in [2.75, 3.05) is 39.6 Å². The van der Waals surface area contributed by atoms with E-state index < -0.39 is 97.5 Å². The van der Waals surface area contributed by atoms with Crippen LogP contribution in [0.2, 0.25) is 0 Å². The first-order chi connectivity index (χ1) is 44.4. The van der Waals surface area contributed by atoms with Crippen molar-refractivity contribution in [2.45, 2.75) is 394 Å². The predicted octanol–water partition coefficient (Wildman–Crippen LogP) is 21.2. The summed E-state index contributed by atoms with van der Waals surface area (Å²) < 4.78 is 68.3. The van der Waals surface area contributed by atoms with Crippen LogP contribution in [0.25, 0.3) is 0 Å². The first-order valence-electron chi connectivity index (χ1n) is 38.1. The highest BCUT2D eigenvalue weighted by Gasteiger charge is 2.30. The zero-order valence-electron chi connectivity index (χ0n) is 59.9. The molecule has 0 aromatic heterocycles. The smallest absolute Gasteiger partial charge is 0.462 e. The number of hydrogen-bond acceptors (Lipinski definition) is 15. The molecule has 0 aliphatic rings. The minimum absolute atomic E-state index is 0.103.